The van der Waals surface area contributed by atoms with E-state index in [2.05, 4.69) is 0 Å². The molecule has 1 fully saturated rings. The standard InChI is InChI=1S/C20H21NO5S/c22-19(23)20-13-21(10-11-27(24,25)15-6-2-1-3-7-15)12-17(20)16-8-4-5-9-18(16)26-14-20/h1-9,17H,10-14H2,(H,22,23)/t17-,20-/m1/s1. The molecule has 0 aliphatic carbocycles. The number of nitrogens with zero attached hydrogens (tertiary/aromatic N) is 1. The van der Waals surface area contributed by atoms with Gasteiger partial charge in [-0.3, -0.25) is 4.79 Å². The first-order valence-electron chi connectivity index (χ1n) is 8.88. The number of hydrogen-bond donors (Lipinski definition) is 1. The van der Waals surface area contributed by atoms with Crippen LogP contribution in [0.1, 0.15) is 11.5 Å². The first kappa shape index (κ1) is 18.0. The lowest BCUT2D eigenvalue weighted by atomic mass is 9.73. The second-order valence-corrected chi connectivity index (χ2v) is 9.32. The van der Waals surface area contributed by atoms with Crippen LogP contribution in [0.4, 0.5) is 0 Å². The van der Waals surface area contributed by atoms with E-state index in [4.69, 9.17) is 4.74 Å². The molecule has 142 valence electrons. The molecule has 0 aromatic heterocycles. The number of aliphatic carboxylic acids is 1. The lowest BCUT2D eigenvalue weighted by Gasteiger charge is -2.35. The van der Waals surface area contributed by atoms with Crippen molar-refractivity contribution in [3.63, 3.8) is 0 Å². The number of rotatable bonds is 5. The molecule has 6 nitrogen and oxygen atoms in total. The first-order chi connectivity index (χ1) is 12.9. The van der Waals surface area contributed by atoms with E-state index < -0.39 is 21.2 Å². The van der Waals surface area contributed by atoms with Crippen molar-refractivity contribution in [3.8, 4) is 5.75 Å². The first-order valence-corrected chi connectivity index (χ1v) is 10.5. The van der Waals surface area contributed by atoms with Gasteiger partial charge in [-0.1, -0.05) is 36.4 Å². The molecule has 7 heteroatoms. The van der Waals surface area contributed by atoms with Crippen LogP contribution in [0.2, 0.25) is 0 Å². The largest absolute Gasteiger partial charge is 0.492 e. The molecule has 0 unspecified atom stereocenters. The number of hydrogen-bond acceptors (Lipinski definition) is 5. The van der Waals surface area contributed by atoms with Gasteiger partial charge in [-0.2, -0.15) is 0 Å². The fraction of sp³-hybridized carbons (Fsp3) is 0.350. The Morgan fingerprint density at radius 2 is 1.85 bits per heavy atom. The average molecular weight is 387 g/mol. The smallest absolute Gasteiger partial charge is 0.315 e. The molecule has 1 saturated heterocycles. The highest BCUT2D eigenvalue weighted by Crippen LogP contribution is 2.49. The zero-order chi connectivity index (χ0) is 19.1. The molecular formula is C20H21NO5S. The van der Waals surface area contributed by atoms with E-state index in [0.717, 1.165) is 11.3 Å². The minimum absolute atomic E-state index is 0.0397. The Balaban J connectivity index is 1.55. The molecule has 2 aliphatic rings. The highest BCUT2D eigenvalue weighted by molar-refractivity contribution is 7.91. The zero-order valence-corrected chi connectivity index (χ0v) is 15.6. The van der Waals surface area contributed by atoms with Crippen molar-refractivity contribution in [3.05, 3.63) is 60.2 Å². The molecule has 2 atom stereocenters. The van der Waals surface area contributed by atoms with E-state index in [9.17, 15) is 18.3 Å². The monoisotopic (exact) mass is 387 g/mol. The van der Waals surface area contributed by atoms with Gasteiger partial charge in [0.05, 0.1) is 10.6 Å². The number of benzene rings is 2. The van der Waals surface area contributed by atoms with Crippen LogP contribution in [0.5, 0.6) is 5.75 Å². The summed E-state index contributed by atoms with van der Waals surface area (Å²) in [6.07, 6.45) is 0. The van der Waals surface area contributed by atoms with Crippen molar-refractivity contribution in [1.82, 2.24) is 4.90 Å². The fourth-order valence-electron chi connectivity index (χ4n) is 4.10. The van der Waals surface area contributed by atoms with E-state index in [1.807, 2.05) is 29.2 Å². The van der Waals surface area contributed by atoms with Crippen molar-refractivity contribution in [1.29, 1.82) is 0 Å². The van der Waals surface area contributed by atoms with Crippen LogP contribution < -0.4 is 4.74 Å². The Morgan fingerprint density at radius 3 is 2.59 bits per heavy atom. The molecule has 0 spiro atoms. The normalized spacial score (nSPS) is 24.7. The predicted molar refractivity (Wildman–Crippen MR) is 99.7 cm³/mol. The summed E-state index contributed by atoms with van der Waals surface area (Å²) in [7, 11) is -3.40. The van der Waals surface area contributed by atoms with E-state index in [1.165, 1.54) is 0 Å². The Morgan fingerprint density at radius 1 is 1.15 bits per heavy atom. The number of ether oxygens (including phenoxy) is 1. The van der Waals surface area contributed by atoms with Crippen LogP contribution in [-0.2, 0) is 14.6 Å². The minimum atomic E-state index is -3.40. The number of fused-ring (bicyclic) bond motifs is 3. The summed E-state index contributed by atoms with van der Waals surface area (Å²) in [5.41, 5.74) is -0.148. The highest BCUT2D eigenvalue weighted by atomic mass is 32.2. The van der Waals surface area contributed by atoms with E-state index in [0.29, 0.717) is 18.0 Å². The van der Waals surface area contributed by atoms with Crippen LogP contribution in [0.15, 0.2) is 59.5 Å². The van der Waals surface area contributed by atoms with Crippen molar-refractivity contribution in [2.45, 2.75) is 10.8 Å². The van der Waals surface area contributed by atoms with Crippen LogP contribution in [0.25, 0.3) is 0 Å². The molecule has 4 rings (SSSR count). The van der Waals surface area contributed by atoms with Gasteiger partial charge in [0.15, 0.2) is 9.84 Å². The molecule has 27 heavy (non-hydrogen) atoms. The minimum Gasteiger partial charge on any atom is -0.492 e. The Labute approximate surface area is 158 Å². The number of carbonyl (C=O) groups is 1. The van der Waals surface area contributed by atoms with Gasteiger partial charge in [0.1, 0.15) is 17.8 Å². The van der Waals surface area contributed by atoms with E-state index >= 15 is 0 Å². The van der Waals surface area contributed by atoms with Crippen molar-refractivity contribution in [2.75, 3.05) is 32.0 Å². The predicted octanol–water partition coefficient (Wildman–Crippen LogP) is 2.02. The maximum atomic E-state index is 12.5. The maximum Gasteiger partial charge on any atom is 0.315 e. The van der Waals surface area contributed by atoms with Crippen molar-refractivity contribution < 1.29 is 23.1 Å². The molecule has 0 radical (unpaired) electrons. The third kappa shape index (κ3) is 3.11. The summed E-state index contributed by atoms with van der Waals surface area (Å²) in [5, 5.41) is 9.92. The average Bonchev–Trinajstić information content (AvgIpc) is 3.08. The number of para-hydroxylation sites is 1. The van der Waals surface area contributed by atoms with Crippen molar-refractivity contribution >= 4 is 15.8 Å². The van der Waals surface area contributed by atoms with Gasteiger partial charge in [0, 0.05) is 25.6 Å². The Kier molecular flexibility index (Phi) is 4.44. The van der Waals surface area contributed by atoms with Crippen LogP contribution >= 0.6 is 0 Å². The second-order valence-electron chi connectivity index (χ2n) is 7.21. The lowest BCUT2D eigenvalue weighted by Crippen LogP contribution is -2.45. The summed E-state index contributed by atoms with van der Waals surface area (Å²) in [4.78, 5) is 14.3. The summed E-state index contributed by atoms with van der Waals surface area (Å²) >= 11 is 0. The Hall–Kier alpha value is -2.38. The number of sulfone groups is 1. The van der Waals surface area contributed by atoms with Crippen molar-refractivity contribution in [2.24, 2.45) is 5.41 Å². The van der Waals surface area contributed by atoms with E-state index in [-0.39, 0.29) is 24.8 Å². The zero-order valence-electron chi connectivity index (χ0n) is 14.7. The number of carboxylic acid groups (broad SMARTS) is 1. The quantitative estimate of drug-likeness (QED) is 0.845. The van der Waals surface area contributed by atoms with E-state index in [1.54, 1.807) is 30.3 Å². The fourth-order valence-corrected chi connectivity index (χ4v) is 5.41. The van der Waals surface area contributed by atoms with Crippen LogP contribution in [0.3, 0.4) is 0 Å². The van der Waals surface area contributed by atoms with Gasteiger partial charge in [-0.15, -0.1) is 0 Å². The molecule has 0 saturated carbocycles. The second kappa shape index (κ2) is 6.65. The molecule has 0 amide bonds. The molecule has 1 N–H and O–H groups in total. The third-order valence-corrected chi connectivity index (χ3v) is 7.31. The molecule has 0 bridgehead atoms. The highest BCUT2D eigenvalue weighted by Gasteiger charge is 2.56. The lowest BCUT2D eigenvalue weighted by molar-refractivity contribution is -0.151. The molecular weight excluding hydrogens is 366 g/mol. The van der Waals surface area contributed by atoms with Gasteiger partial charge in [0.25, 0.3) is 0 Å². The molecule has 2 aromatic rings. The Bertz CT molecular complexity index is 959. The molecule has 2 aliphatic heterocycles. The van der Waals surface area contributed by atoms with Gasteiger partial charge >= 0.3 is 5.97 Å². The van der Waals surface area contributed by atoms with Crippen LogP contribution in [0, 0.1) is 5.41 Å². The number of likely N-dealkylation sites (tertiary alicyclic amines) is 1. The summed E-state index contributed by atoms with van der Waals surface area (Å²) in [6, 6.07) is 15.8. The van der Waals surface area contributed by atoms with Crippen LogP contribution in [-0.4, -0.2) is 56.4 Å². The summed E-state index contributed by atoms with van der Waals surface area (Å²) in [6.45, 7) is 1.19. The van der Waals surface area contributed by atoms with Gasteiger partial charge in [-0.25, -0.2) is 8.42 Å². The topological polar surface area (TPSA) is 83.9 Å². The molecule has 2 aromatic carbocycles. The number of carboxylic acids is 1. The van der Waals surface area contributed by atoms with Gasteiger partial charge < -0.3 is 14.7 Å². The summed E-state index contributed by atoms with van der Waals surface area (Å²) < 4.78 is 30.8. The summed E-state index contributed by atoms with van der Waals surface area (Å²) in [5.74, 6) is -0.421. The van der Waals surface area contributed by atoms with Gasteiger partial charge in [0.2, 0.25) is 0 Å². The SMILES string of the molecule is O=C(O)[C@]12COc3ccccc3[C@H]1CN(CCS(=O)(=O)c1ccccc1)C2. The maximum absolute atomic E-state index is 12.5. The van der Waals surface area contributed by atoms with Gasteiger partial charge in [-0.05, 0) is 23.8 Å². The third-order valence-electron chi connectivity index (χ3n) is 5.60. The molecule has 2 heterocycles.